The standard InChI is InChI=1S/C20H15ClN2O3S/c1-2-10-23-19(25)17(18(24)22-20(23)27)12-13-4-3-5-16(11-13)26-15-8-6-14(21)7-9-15/h2-9,11-12H,1,10H2,(H,22,24,27)/b17-12+. The van der Waals surface area contributed by atoms with E-state index in [2.05, 4.69) is 11.9 Å². The monoisotopic (exact) mass is 398 g/mol. The van der Waals surface area contributed by atoms with Crippen molar-refractivity contribution in [2.24, 2.45) is 0 Å². The van der Waals surface area contributed by atoms with Crippen LogP contribution in [0.3, 0.4) is 0 Å². The molecule has 2 aromatic rings. The van der Waals surface area contributed by atoms with Crippen molar-refractivity contribution in [3.8, 4) is 11.5 Å². The highest BCUT2D eigenvalue weighted by Gasteiger charge is 2.32. The zero-order chi connectivity index (χ0) is 19.4. The lowest BCUT2D eigenvalue weighted by Crippen LogP contribution is -2.53. The average molecular weight is 399 g/mol. The van der Waals surface area contributed by atoms with Crippen LogP contribution >= 0.6 is 23.8 Å². The van der Waals surface area contributed by atoms with Gasteiger partial charge in [-0.3, -0.25) is 19.8 Å². The van der Waals surface area contributed by atoms with Crippen LogP contribution in [0.2, 0.25) is 5.02 Å². The molecular formula is C20H15ClN2O3S. The maximum Gasteiger partial charge on any atom is 0.265 e. The van der Waals surface area contributed by atoms with Gasteiger partial charge in [0.2, 0.25) is 0 Å². The lowest BCUT2D eigenvalue weighted by atomic mass is 10.1. The molecule has 0 atom stereocenters. The minimum Gasteiger partial charge on any atom is -0.457 e. The molecule has 1 aliphatic rings. The molecule has 2 amide bonds. The minimum absolute atomic E-state index is 0.00547. The van der Waals surface area contributed by atoms with Gasteiger partial charge in [-0.25, -0.2) is 0 Å². The Morgan fingerprint density at radius 2 is 1.89 bits per heavy atom. The van der Waals surface area contributed by atoms with Crippen molar-refractivity contribution in [3.63, 3.8) is 0 Å². The van der Waals surface area contributed by atoms with Crippen molar-refractivity contribution in [2.75, 3.05) is 6.54 Å². The van der Waals surface area contributed by atoms with Crippen molar-refractivity contribution in [1.82, 2.24) is 10.2 Å². The van der Waals surface area contributed by atoms with E-state index in [4.69, 9.17) is 28.6 Å². The van der Waals surface area contributed by atoms with Gasteiger partial charge in [-0.15, -0.1) is 6.58 Å². The molecule has 1 aliphatic heterocycles. The van der Waals surface area contributed by atoms with Crippen LogP contribution in [0.25, 0.3) is 6.08 Å². The van der Waals surface area contributed by atoms with Gasteiger partial charge in [0.05, 0.1) is 0 Å². The molecule has 0 radical (unpaired) electrons. The lowest BCUT2D eigenvalue weighted by Gasteiger charge is -2.27. The number of benzene rings is 2. The summed E-state index contributed by atoms with van der Waals surface area (Å²) in [5.41, 5.74) is 0.639. The second kappa shape index (κ2) is 8.16. The number of nitrogens with one attached hydrogen (secondary N) is 1. The zero-order valence-corrected chi connectivity index (χ0v) is 15.7. The fraction of sp³-hybridized carbons (Fsp3) is 0.0500. The van der Waals surface area contributed by atoms with E-state index in [1.54, 1.807) is 54.6 Å². The number of ether oxygens (including phenoxy) is 1. The van der Waals surface area contributed by atoms with Gasteiger partial charge in [0.1, 0.15) is 17.1 Å². The van der Waals surface area contributed by atoms with Crippen LogP contribution in [0.1, 0.15) is 5.56 Å². The molecule has 5 nitrogen and oxygen atoms in total. The summed E-state index contributed by atoms with van der Waals surface area (Å²) in [5.74, 6) is 0.189. The van der Waals surface area contributed by atoms with Crippen molar-refractivity contribution < 1.29 is 14.3 Å². The van der Waals surface area contributed by atoms with Crippen molar-refractivity contribution in [1.29, 1.82) is 0 Å². The summed E-state index contributed by atoms with van der Waals surface area (Å²) in [4.78, 5) is 26.0. The SMILES string of the molecule is C=CCN1C(=O)/C(=C/c2cccc(Oc3ccc(Cl)cc3)c2)C(=O)NC1=S. The normalized spacial score (nSPS) is 15.7. The van der Waals surface area contributed by atoms with E-state index in [1.807, 2.05) is 0 Å². The number of nitrogens with zero attached hydrogens (tertiary/aromatic N) is 1. The Morgan fingerprint density at radius 3 is 2.59 bits per heavy atom. The second-order valence-electron chi connectivity index (χ2n) is 5.65. The van der Waals surface area contributed by atoms with Gasteiger partial charge in [0, 0.05) is 11.6 Å². The Hall–Kier alpha value is -2.96. The van der Waals surface area contributed by atoms with Crippen LogP contribution < -0.4 is 10.1 Å². The predicted octanol–water partition coefficient (Wildman–Crippen LogP) is 3.95. The van der Waals surface area contributed by atoms with Crippen LogP contribution in [-0.2, 0) is 9.59 Å². The third-order valence-corrected chi connectivity index (χ3v) is 4.29. The van der Waals surface area contributed by atoms with E-state index < -0.39 is 11.8 Å². The van der Waals surface area contributed by atoms with Crippen LogP contribution in [0.5, 0.6) is 11.5 Å². The van der Waals surface area contributed by atoms with E-state index in [9.17, 15) is 9.59 Å². The third kappa shape index (κ3) is 4.42. The topological polar surface area (TPSA) is 58.6 Å². The van der Waals surface area contributed by atoms with Crippen molar-refractivity contribution in [2.45, 2.75) is 0 Å². The summed E-state index contributed by atoms with van der Waals surface area (Å²) in [7, 11) is 0. The first-order valence-electron chi connectivity index (χ1n) is 8.01. The molecule has 1 fully saturated rings. The minimum atomic E-state index is -0.533. The molecule has 1 N–H and O–H groups in total. The molecule has 27 heavy (non-hydrogen) atoms. The van der Waals surface area contributed by atoms with E-state index >= 15 is 0 Å². The Balaban J connectivity index is 1.86. The van der Waals surface area contributed by atoms with Gasteiger partial charge < -0.3 is 4.74 Å². The summed E-state index contributed by atoms with van der Waals surface area (Å²) < 4.78 is 5.78. The van der Waals surface area contributed by atoms with Crippen molar-refractivity contribution >= 4 is 46.8 Å². The van der Waals surface area contributed by atoms with Crippen molar-refractivity contribution in [3.05, 3.63) is 77.3 Å². The molecule has 0 saturated carbocycles. The van der Waals surface area contributed by atoms with Gasteiger partial charge in [0.25, 0.3) is 11.8 Å². The van der Waals surface area contributed by atoms with Gasteiger partial charge in [-0.1, -0.05) is 29.8 Å². The highest BCUT2D eigenvalue weighted by Crippen LogP contribution is 2.25. The smallest absolute Gasteiger partial charge is 0.265 e. The van der Waals surface area contributed by atoms with Crippen LogP contribution in [0, 0.1) is 0 Å². The number of carbonyl (C=O) groups excluding carboxylic acids is 2. The second-order valence-corrected chi connectivity index (χ2v) is 6.47. The highest BCUT2D eigenvalue weighted by molar-refractivity contribution is 7.80. The van der Waals surface area contributed by atoms with Crippen LogP contribution in [-0.4, -0.2) is 28.4 Å². The zero-order valence-electron chi connectivity index (χ0n) is 14.1. The molecule has 2 aromatic carbocycles. The number of thiocarbonyl (C=S) groups is 1. The summed E-state index contributed by atoms with van der Waals surface area (Å²) in [6.07, 6.45) is 3.05. The molecule has 1 saturated heterocycles. The lowest BCUT2D eigenvalue weighted by molar-refractivity contribution is -0.128. The van der Waals surface area contributed by atoms with Gasteiger partial charge in [-0.2, -0.15) is 0 Å². The quantitative estimate of drug-likeness (QED) is 0.358. The molecule has 0 bridgehead atoms. The first-order valence-corrected chi connectivity index (χ1v) is 8.80. The fourth-order valence-electron chi connectivity index (χ4n) is 2.46. The largest absolute Gasteiger partial charge is 0.457 e. The summed E-state index contributed by atoms with van der Waals surface area (Å²) in [6, 6.07) is 14.0. The van der Waals surface area contributed by atoms with Gasteiger partial charge in [-0.05, 0) is 60.3 Å². The molecule has 0 aliphatic carbocycles. The number of hydrogen-bond donors (Lipinski definition) is 1. The average Bonchev–Trinajstić information content (AvgIpc) is 2.64. The van der Waals surface area contributed by atoms with E-state index in [0.29, 0.717) is 22.1 Å². The molecular weight excluding hydrogens is 384 g/mol. The van der Waals surface area contributed by atoms with Crippen LogP contribution in [0.4, 0.5) is 0 Å². The summed E-state index contributed by atoms with van der Waals surface area (Å²) in [6.45, 7) is 3.82. The van der Waals surface area contributed by atoms with E-state index in [1.165, 1.54) is 11.0 Å². The molecule has 7 heteroatoms. The predicted molar refractivity (Wildman–Crippen MR) is 109 cm³/mol. The van der Waals surface area contributed by atoms with E-state index in [0.717, 1.165) is 0 Å². The van der Waals surface area contributed by atoms with Crippen LogP contribution in [0.15, 0.2) is 66.8 Å². The Morgan fingerprint density at radius 1 is 1.15 bits per heavy atom. The number of carbonyl (C=O) groups is 2. The number of hydrogen-bond acceptors (Lipinski definition) is 4. The third-order valence-electron chi connectivity index (χ3n) is 3.72. The molecule has 0 spiro atoms. The maximum absolute atomic E-state index is 12.6. The maximum atomic E-state index is 12.6. The molecule has 1 heterocycles. The summed E-state index contributed by atoms with van der Waals surface area (Å²) >= 11 is 10.9. The van der Waals surface area contributed by atoms with Gasteiger partial charge >= 0.3 is 0 Å². The van der Waals surface area contributed by atoms with Gasteiger partial charge in [0.15, 0.2) is 5.11 Å². The number of halogens is 1. The first-order chi connectivity index (χ1) is 13.0. The molecule has 0 aromatic heterocycles. The highest BCUT2D eigenvalue weighted by atomic mass is 35.5. The number of amides is 2. The molecule has 0 unspecified atom stereocenters. The Kier molecular flexibility index (Phi) is 5.69. The molecule has 136 valence electrons. The Labute approximate surface area is 166 Å². The first kappa shape index (κ1) is 18.8. The summed E-state index contributed by atoms with van der Waals surface area (Å²) in [5, 5.41) is 3.20. The molecule has 3 rings (SSSR count). The number of rotatable bonds is 5. The Bertz CT molecular complexity index is 954. The fourth-order valence-corrected chi connectivity index (χ4v) is 2.84. The van der Waals surface area contributed by atoms with E-state index in [-0.39, 0.29) is 17.2 Å².